The van der Waals surface area contributed by atoms with Crippen molar-refractivity contribution in [1.82, 2.24) is 0 Å². The van der Waals surface area contributed by atoms with E-state index in [1.165, 1.54) is 27.8 Å². The van der Waals surface area contributed by atoms with Crippen LogP contribution >= 0.6 is 0 Å². The van der Waals surface area contributed by atoms with Crippen LogP contribution in [0.3, 0.4) is 0 Å². The van der Waals surface area contributed by atoms with Crippen LogP contribution in [-0.4, -0.2) is 5.11 Å². The molecule has 146 valence electrons. The molecular formula is C27H32O. The quantitative estimate of drug-likeness (QED) is 0.524. The first kappa shape index (κ1) is 20.2. The van der Waals surface area contributed by atoms with Crippen molar-refractivity contribution in [3.8, 4) is 5.75 Å². The van der Waals surface area contributed by atoms with E-state index in [-0.39, 0.29) is 10.8 Å². The Morgan fingerprint density at radius 3 is 1.46 bits per heavy atom. The molecule has 0 aliphatic heterocycles. The van der Waals surface area contributed by atoms with Crippen LogP contribution in [0.2, 0.25) is 0 Å². The van der Waals surface area contributed by atoms with Gasteiger partial charge in [0.2, 0.25) is 0 Å². The van der Waals surface area contributed by atoms with Gasteiger partial charge in [0.15, 0.2) is 0 Å². The number of hydrogen-bond donors (Lipinski definition) is 1. The van der Waals surface area contributed by atoms with E-state index < -0.39 is 0 Å². The Hall–Kier alpha value is -2.54. The predicted octanol–water partition coefficient (Wildman–Crippen LogP) is 6.97. The maximum Gasteiger partial charge on any atom is 0.122 e. The fourth-order valence-corrected chi connectivity index (χ4v) is 4.09. The zero-order valence-corrected chi connectivity index (χ0v) is 18.2. The van der Waals surface area contributed by atoms with Crippen molar-refractivity contribution in [2.75, 3.05) is 0 Å². The molecule has 1 N–H and O–H groups in total. The summed E-state index contributed by atoms with van der Waals surface area (Å²) in [7, 11) is 0. The van der Waals surface area contributed by atoms with Crippen LogP contribution in [-0.2, 0) is 10.8 Å². The van der Waals surface area contributed by atoms with Crippen molar-refractivity contribution in [2.45, 2.75) is 59.3 Å². The van der Waals surface area contributed by atoms with Gasteiger partial charge in [-0.3, -0.25) is 0 Å². The first-order valence-electron chi connectivity index (χ1n) is 10.0. The van der Waals surface area contributed by atoms with Crippen molar-refractivity contribution < 1.29 is 5.11 Å². The van der Waals surface area contributed by atoms with Crippen LogP contribution in [0.5, 0.6) is 5.75 Å². The van der Waals surface area contributed by atoms with Gasteiger partial charge in [-0.15, -0.1) is 0 Å². The van der Waals surface area contributed by atoms with Gasteiger partial charge < -0.3 is 5.11 Å². The Morgan fingerprint density at radius 2 is 1.00 bits per heavy atom. The summed E-state index contributed by atoms with van der Waals surface area (Å²) in [4.78, 5) is 0. The van der Waals surface area contributed by atoms with Gasteiger partial charge >= 0.3 is 0 Å². The summed E-state index contributed by atoms with van der Waals surface area (Å²) in [6.45, 7) is 15.1. The Morgan fingerprint density at radius 1 is 0.571 bits per heavy atom. The molecule has 0 bridgehead atoms. The lowest BCUT2D eigenvalue weighted by Gasteiger charge is -2.36. The second kappa shape index (κ2) is 7.13. The molecule has 3 aromatic carbocycles. The lowest BCUT2D eigenvalue weighted by molar-refractivity contribution is 0.442. The van der Waals surface area contributed by atoms with Gasteiger partial charge in [0.25, 0.3) is 0 Å². The number of phenolic OH excluding ortho intramolecular Hbond substituents is 1. The Balaban J connectivity index is 2.25. The van der Waals surface area contributed by atoms with Crippen molar-refractivity contribution in [3.05, 3.63) is 99.6 Å². The molecule has 1 nitrogen and oxygen atoms in total. The average molecular weight is 373 g/mol. The maximum absolute atomic E-state index is 11.2. The molecule has 0 unspecified atom stereocenters. The molecule has 0 radical (unpaired) electrons. The molecule has 3 rings (SSSR count). The third kappa shape index (κ3) is 3.46. The standard InChI is InChI=1S/C27H32O/c1-18-8-13-21(14-9-18)26(4,5)23-17-12-20(3)25(28)24(23)27(6,7)22-15-10-19(2)11-16-22/h8-17,28H,1-7H3. The van der Waals surface area contributed by atoms with E-state index in [9.17, 15) is 5.11 Å². The van der Waals surface area contributed by atoms with Crippen molar-refractivity contribution in [3.63, 3.8) is 0 Å². The van der Waals surface area contributed by atoms with Gasteiger partial charge in [-0.2, -0.15) is 0 Å². The highest BCUT2D eigenvalue weighted by Crippen LogP contribution is 2.46. The molecular weight excluding hydrogens is 340 g/mol. The minimum absolute atomic E-state index is 0.226. The molecule has 0 saturated carbocycles. The number of rotatable bonds is 4. The minimum atomic E-state index is -0.318. The number of benzene rings is 3. The Bertz CT molecular complexity index is 974. The van der Waals surface area contributed by atoms with E-state index in [1.54, 1.807) is 0 Å². The first-order valence-corrected chi connectivity index (χ1v) is 10.0. The summed E-state index contributed by atoms with van der Waals surface area (Å²) < 4.78 is 0. The highest BCUT2D eigenvalue weighted by molar-refractivity contribution is 5.57. The van der Waals surface area contributed by atoms with Crippen LogP contribution in [0, 0.1) is 20.8 Å². The van der Waals surface area contributed by atoms with E-state index in [0.29, 0.717) is 5.75 Å². The first-order chi connectivity index (χ1) is 13.0. The lowest BCUT2D eigenvalue weighted by atomic mass is 9.67. The zero-order chi connectivity index (χ0) is 20.7. The third-order valence-corrected chi connectivity index (χ3v) is 6.22. The van der Waals surface area contributed by atoms with Gasteiger partial charge in [0.05, 0.1) is 0 Å². The largest absolute Gasteiger partial charge is 0.507 e. The Labute approximate surface area is 170 Å². The summed E-state index contributed by atoms with van der Waals surface area (Å²) in [5, 5.41) is 11.2. The van der Waals surface area contributed by atoms with Gasteiger partial charge in [-0.05, 0) is 43.0 Å². The molecule has 0 amide bonds. The predicted molar refractivity (Wildman–Crippen MR) is 119 cm³/mol. The highest BCUT2D eigenvalue weighted by atomic mass is 16.3. The summed E-state index contributed by atoms with van der Waals surface area (Å²) in [5.74, 6) is 0.406. The summed E-state index contributed by atoms with van der Waals surface area (Å²) in [6, 6.07) is 21.6. The topological polar surface area (TPSA) is 20.2 Å². The van der Waals surface area contributed by atoms with Crippen LogP contribution < -0.4 is 0 Å². The molecule has 0 atom stereocenters. The Kier molecular flexibility index (Phi) is 5.14. The van der Waals surface area contributed by atoms with Gasteiger partial charge in [0, 0.05) is 16.4 Å². The lowest BCUT2D eigenvalue weighted by Crippen LogP contribution is -2.28. The van der Waals surface area contributed by atoms with Crippen molar-refractivity contribution in [1.29, 1.82) is 0 Å². The number of aryl methyl sites for hydroxylation is 3. The SMILES string of the molecule is Cc1ccc(C(C)(C)c2ccc(C)c(O)c2C(C)(C)c2ccc(C)cc2)cc1. The molecule has 0 aliphatic carbocycles. The van der Waals surface area contributed by atoms with Crippen LogP contribution in [0.25, 0.3) is 0 Å². The summed E-state index contributed by atoms with van der Waals surface area (Å²) in [6.07, 6.45) is 0. The van der Waals surface area contributed by atoms with E-state index in [0.717, 1.165) is 11.1 Å². The summed E-state index contributed by atoms with van der Waals surface area (Å²) in [5.41, 5.74) is 7.52. The van der Waals surface area contributed by atoms with Crippen molar-refractivity contribution >= 4 is 0 Å². The fraction of sp³-hybridized carbons (Fsp3) is 0.333. The summed E-state index contributed by atoms with van der Waals surface area (Å²) >= 11 is 0. The molecule has 0 aliphatic rings. The maximum atomic E-state index is 11.2. The molecule has 0 spiro atoms. The zero-order valence-electron chi connectivity index (χ0n) is 18.2. The van der Waals surface area contributed by atoms with E-state index in [2.05, 4.69) is 96.1 Å². The van der Waals surface area contributed by atoms with Crippen molar-refractivity contribution in [2.24, 2.45) is 0 Å². The molecule has 0 aromatic heterocycles. The molecule has 3 aromatic rings. The monoisotopic (exact) mass is 372 g/mol. The van der Waals surface area contributed by atoms with E-state index in [1.807, 2.05) is 13.0 Å². The molecule has 0 saturated heterocycles. The molecule has 0 fully saturated rings. The second-order valence-electron chi connectivity index (χ2n) is 9.14. The van der Waals surface area contributed by atoms with Gasteiger partial charge in [-0.1, -0.05) is 99.5 Å². The van der Waals surface area contributed by atoms with E-state index >= 15 is 0 Å². The third-order valence-electron chi connectivity index (χ3n) is 6.22. The van der Waals surface area contributed by atoms with Gasteiger partial charge in [-0.25, -0.2) is 0 Å². The molecule has 1 heteroatoms. The normalized spacial score (nSPS) is 12.2. The number of aromatic hydroxyl groups is 1. The van der Waals surface area contributed by atoms with Crippen LogP contribution in [0.1, 0.15) is 66.6 Å². The van der Waals surface area contributed by atoms with Crippen LogP contribution in [0.15, 0.2) is 60.7 Å². The van der Waals surface area contributed by atoms with E-state index in [4.69, 9.17) is 0 Å². The smallest absolute Gasteiger partial charge is 0.122 e. The molecule has 0 heterocycles. The van der Waals surface area contributed by atoms with Gasteiger partial charge in [0.1, 0.15) is 5.75 Å². The average Bonchev–Trinajstić information content (AvgIpc) is 2.64. The fourth-order valence-electron chi connectivity index (χ4n) is 4.09. The highest BCUT2D eigenvalue weighted by Gasteiger charge is 2.35. The molecule has 28 heavy (non-hydrogen) atoms. The van der Waals surface area contributed by atoms with Crippen LogP contribution in [0.4, 0.5) is 0 Å². The number of phenols is 1. The second-order valence-corrected chi connectivity index (χ2v) is 9.14. The minimum Gasteiger partial charge on any atom is -0.507 e. The number of hydrogen-bond acceptors (Lipinski definition) is 1.